The molecule has 0 aliphatic rings. The Morgan fingerprint density at radius 1 is 1.25 bits per heavy atom. The molecule has 90 valence electrons. The lowest BCUT2D eigenvalue weighted by atomic mass is 10.2. The Kier molecular flexibility index (Phi) is 6.00. The molecule has 0 saturated carbocycles. The highest BCUT2D eigenvalue weighted by atomic mass is 32.1. The van der Waals surface area contributed by atoms with E-state index in [-0.39, 0.29) is 5.91 Å². The molecule has 0 unspecified atom stereocenters. The first kappa shape index (κ1) is 13.1. The van der Waals surface area contributed by atoms with E-state index in [1.165, 1.54) is 11.3 Å². The van der Waals surface area contributed by atoms with Gasteiger partial charge in [0.25, 0.3) is 0 Å². The molecule has 5 heteroatoms. The molecule has 0 bridgehead atoms. The second kappa shape index (κ2) is 7.33. The first-order valence-electron chi connectivity index (χ1n) is 5.88. The van der Waals surface area contributed by atoms with Crippen molar-refractivity contribution < 1.29 is 4.79 Å². The van der Waals surface area contributed by atoms with Crippen molar-refractivity contribution in [3.8, 4) is 0 Å². The fraction of sp³-hybridized carbons (Fsp3) is 0.727. The Bertz CT molecular complexity index is 325. The second-order valence-electron chi connectivity index (χ2n) is 3.76. The van der Waals surface area contributed by atoms with Crippen molar-refractivity contribution in [2.75, 3.05) is 5.32 Å². The summed E-state index contributed by atoms with van der Waals surface area (Å²) < 4.78 is 0. The van der Waals surface area contributed by atoms with Crippen LogP contribution in [0.4, 0.5) is 5.13 Å². The zero-order valence-corrected chi connectivity index (χ0v) is 10.8. The first-order chi connectivity index (χ1) is 7.76. The lowest BCUT2D eigenvalue weighted by Crippen LogP contribution is -2.10. The molecule has 1 aromatic rings. The minimum absolute atomic E-state index is 0.0487. The Hall–Kier alpha value is -0.970. The van der Waals surface area contributed by atoms with Gasteiger partial charge in [-0.1, -0.05) is 38.0 Å². The molecule has 1 heterocycles. The van der Waals surface area contributed by atoms with Crippen LogP contribution in [-0.2, 0) is 11.2 Å². The molecule has 0 aliphatic carbocycles. The van der Waals surface area contributed by atoms with Crippen LogP contribution in [0, 0.1) is 0 Å². The minimum Gasteiger partial charge on any atom is -0.301 e. The second-order valence-corrected chi connectivity index (χ2v) is 4.82. The Morgan fingerprint density at radius 3 is 2.75 bits per heavy atom. The fourth-order valence-corrected chi connectivity index (χ4v) is 2.19. The summed E-state index contributed by atoms with van der Waals surface area (Å²) in [6.45, 7) is 4.23. The van der Waals surface area contributed by atoms with Gasteiger partial charge in [0.05, 0.1) is 0 Å². The van der Waals surface area contributed by atoms with Crippen LogP contribution in [-0.4, -0.2) is 16.1 Å². The maximum absolute atomic E-state index is 11.5. The normalized spacial score (nSPS) is 10.4. The summed E-state index contributed by atoms with van der Waals surface area (Å²) in [5.41, 5.74) is 0. The zero-order chi connectivity index (χ0) is 11.8. The molecule has 4 nitrogen and oxygen atoms in total. The Labute approximate surface area is 100 Å². The van der Waals surface area contributed by atoms with Crippen molar-refractivity contribution in [2.45, 2.75) is 52.4 Å². The predicted molar refractivity (Wildman–Crippen MR) is 66.7 cm³/mol. The Morgan fingerprint density at radius 2 is 2.06 bits per heavy atom. The number of nitrogens with zero attached hydrogens (tertiary/aromatic N) is 2. The summed E-state index contributed by atoms with van der Waals surface area (Å²) >= 11 is 1.47. The molecule has 1 amide bonds. The van der Waals surface area contributed by atoms with Crippen LogP contribution in [0.5, 0.6) is 0 Å². The van der Waals surface area contributed by atoms with E-state index in [9.17, 15) is 4.79 Å². The van der Waals surface area contributed by atoms with Gasteiger partial charge in [0.1, 0.15) is 5.01 Å². The maximum atomic E-state index is 11.5. The van der Waals surface area contributed by atoms with Crippen molar-refractivity contribution in [1.29, 1.82) is 0 Å². The zero-order valence-electron chi connectivity index (χ0n) is 9.95. The van der Waals surface area contributed by atoms with E-state index in [0.29, 0.717) is 11.6 Å². The summed E-state index contributed by atoms with van der Waals surface area (Å²) in [5, 5.41) is 12.4. The number of nitrogens with one attached hydrogen (secondary N) is 1. The molecule has 1 rings (SSSR count). The topological polar surface area (TPSA) is 54.9 Å². The quantitative estimate of drug-likeness (QED) is 0.747. The van der Waals surface area contributed by atoms with Crippen molar-refractivity contribution in [2.24, 2.45) is 0 Å². The average Bonchev–Trinajstić information content (AvgIpc) is 2.66. The van der Waals surface area contributed by atoms with Crippen molar-refractivity contribution in [1.82, 2.24) is 10.2 Å². The monoisotopic (exact) mass is 241 g/mol. The van der Waals surface area contributed by atoms with Crippen molar-refractivity contribution in [3.63, 3.8) is 0 Å². The molecule has 0 fully saturated rings. The standard InChI is InChI=1S/C11H19N3OS/c1-3-5-6-8-9(15)12-11-14-13-10(16-11)7-4-2/h3-8H2,1-2H3,(H,12,14,15). The van der Waals surface area contributed by atoms with Crippen molar-refractivity contribution in [3.05, 3.63) is 5.01 Å². The molecular formula is C11H19N3OS. The lowest BCUT2D eigenvalue weighted by Gasteiger charge is -1.99. The number of unbranched alkanes of at least 4 members (excludes halogenated alkanes) is 2. The summed E-state index contributed by atoms with van der Waals surface area (Å²) in [6.07, 6.45) is 5.75. The van der Waals surface area contributed by atoms with E-state index in [1.807, 2.05) is 0 Å². The highest BCUT2D eigenvalue weighted by Crippen LogP contribution is 2.16. The number of hydrogen-bond donors (Lipinski definition) is 1. The number of carbonyl (C=O) groups is 1. The summed E-state index contributed by atoms with van der Waals surface area (Å²) in [5.74, 6) is 0.0487. The number of carbonyl (C=O) groups excluding carboxylic acids is 1. The number of anilines is 1. The maximum Gasteiger partial charge on any atom is 0.226 e. The van der Waals surface area contributed by atoms with Gasteiger partial charge in [-0.05, 0) is 12.8 Å². The van der Waals surface area contributed by atoms with Gasteiger partial charge in [0.2, 0.25) is 11.0 Å². The number of rotatable bonds is 7. The third kappa shape index (κ3) is 4.70. The molecule has 0 aromatic carbocycles. The van der Waals surface area contributed by atoms with Gasteiger partial charge in [0.15, 0.2) is 0 Å². The van der Waals surface area contributed by atoms with E-state index in [4.69, 9.17) is 0 Å². The SMILES string of the molecule is CCCCCC(=O)Nc1nnc(CCC)s1. The minimum atomic E-state index is 0.0487. The van der Waals surface area contributed by atoms with E-state index >= 15 is 0 Å². The first-order valence-corrected chi connectivity index (χ1v) is 6.70. The third-order valence-corrected chi connectivity index (χ3v) is 3.08. The van der Waals surface area contributed by atoms with E-state index < -0.39 is 0 Å². The molecule has 1 N–H and O–H groups in total. The fourth-order valence-electron chi connectivity index (χ4n) is 1.34. The van der Waals surface area contributed by atoms with E-state index in [1.54, 1.807) is 0 Å². The van der Waals surface area contributed by atoms with Gasteiger partial charge in [-0.15, -0.1) is 10.2 Å². The molecule has 0 spiro atoms. The lowest BCUT2D eigenvalue weighted by molar-refractivity contribution is -0.116. The van der Waals surface area contributed by atoms with Crippen LogP contribution in [0.3, 0.4) is 0 Å². The van der Waals surface area contributed by atoms with Crippen LogP contribution >= 0.6 is 11.3 Å². The summed E-state index contributed by atoms with van der Waals surface area (Å²) in [4.78, 5) is 11.5. The number of hydrogen-bond acceptors (Lipinski definition) is 4. The van der Waals surface area contributed by atoms with Gasteiger partial charge >= 0.3 is 0 Å². The van der Waals surface area contributed by atoms with Crippen molar-refractivity contribution >= 4 is 22.4 Å². The molecule has 0 aliphatic heterocycles. The van der Waals surface area contributed by atoms with Gasteiger partial charge in [-0.2, -0.15) is 0 Å². The van der Waals surface area contributed by atoms with Gasteiger partial charge in [-0.3, -0.25) is 4.79 Å². The molecule has 1 aromatic heterocycles. The molecule has 16 heavy (non-hydrogen) atoms. The van der Waals surface area contributed by atoms with Crippen LogP contribution < -0.4 is 5.32 Å². The number of aryl methyl sites for hydroxylation is 1. The number of amides is 1. The van der Waals surface area contributed by atoms with Crippen LogP contribution in [0.15, 0.2) is 0 Å². The van der Waals surface area contributed by atoms with Crippen LogP contribution in [0.25, 0.3) is 0 Å². The smallest absolute Gasteiger partial charge is 0.226 e. The number of aromatic nitrogens is 2. The largest absolute Gasteiger partial charge is 0.301 e. The molecule has 0 saturated heterocycles. The summed E-state index contributed by atoms with van der Waals surface area (Å²) in [6, 6.07) is 0. The third-order valence-electron chi connectivity index (χ3n) is 2.18. The van der Waals surface area contributed by atoms with Crippen LogP contribution in [0.1, 0.15) is 51.0 Å². The van der Waals surface area contributed by atoms with Gasteiger partial charge in [-0.25, -0.2) is 0 Å². The highest BCUT2D eigenvalue weighted by molar-refractivity contribution is 7.15. The molecule has 0 atom stereocenters. The van der Waals surface area contributed by atoms with E-state index in [0.717, 1.165) is 37.1 Å². The molecular weight excluding hydrogens is 222 g/mol. The average molecular weight is 241 g/mol. The summed E-state index contributed by atoms with van der Waals surface area (Å²) in [7, 11) is 0. The highest BCUT2D eigenvalue weighted by Gasteiger charge is 2.07. The predicted octanol–water partition coefficient (Wildman–Crippen LogP) is 3.01. The van der Waals surface area contributed by atoms with Crippen LogP contribution in [0.2, 0.25) is 0 Å². The Balaban J connectivity index is 2.31. The van der Waals surface area contributed by atoms with E-state index in [2.05, 4.69) is 29.4 Å². The van der Waals surface area contributed by atoms with Gasteiger partial charge in [0, 0.05) is 12.8 Å². The molecule has 0 radical (unpaired) electrons. The van der Waals surface area contributed by atoms with Gasteiger partial charge < -0.3 is 5.32 Å².